The summed E-state index contributed by atoms with van der Waals surface area (Å²) in [4.78, 5) is 28.9. The minimum absolute atomic E-state index is 0.200. The molecule has 0 radical (unpaired) electrons. The predicted molar refractivity (Wildman–Crippen MR) is 166 cm³/mol. The van der Waals surface area contributed by atoms with Crippen LogP contribution >= 0.6 is 0 Å². The van der Waals surface area contributed by atoms with E-state index in [1.54, 1.807) is 12.2 Å². The van der Waals surface area contributed by atoms with Crippen molar-refractivity contribution in [1.82, 2.24) is 20.4 Å². The van der Waals surface area contributed by atoms with Gasteiger partial charge in [0.1, 0.15) is 11.5 Å². The van der Waals surface area contributed by atoms with Gasteiger partial charge < -0.3 is 20.1 Å². The van der Waals surface area contributed by atoms with E-state index >= 15 is 0 Å². The molecule has 0 atom stereocenters. The summed E-state index contributed by atoms with van der Waals surface area (Å²) in [6, 6.07) is 16.5. The number of allylic oxidation sites excluding steroid dienone is 2. The molecule has 2 fully saturated rings. The summed E-state index contributed by atoms with van der Waals surface area (Å²) in [6.45, 7) is 8.75. The molecular weight excluding hydrogens is 528 g/mol. The summed E-state index contributed by atoms with van der Waals surface area (Å²) in [5.74, 6) is 1.34. The lowest BCUT2D eigenvalue weighted by atomic mass is 10.2. The summed E-state index contributed by atoms with van der Waals surface area (Å²) in [7, 11) is 0. The molecule has 0 unspecified atom stereocenters. The molecule has 2 aliphatic rings. The zero-order valence-corrected chi connectivity index (χ0v) is 24.8. The molecule has 42 heavy (non-hydrogen) atoms. The van der Waals surface area contributed by atoms with E-state index in [0.717, 1.165) is 24.6 Å². The van der Waals surface area contributed by atoms with Crippen LogP contribution < -0.4 is 20.1 Å². The Balaban J connectivity index is 1.00. The van der Waals surface area contributed by atoms with E-state index < -0.39 is 0 Å². The first kappa shape index (κ1) is 31.3. The predicted octanol–water partition coefficient (Wildman–Crippen LogP) is 4.46. The fraction of sp³-hybridized carbons (Fsp3) is 0.471. The van der Waals surface area contributed by atoms with E-state index in [-0.39, 0.29) is 11.8 Å². The molecule has 2 N–H and O–H groups in total. The van der Waals surface area contributed by atoms with Crippen molar-refractivity contribution in [2.75, 3.05) is 52.5 Å². The zero-order chi connectivity index (χ0) is 29.2. The van der Waals surface area contributed by atoms with E-state index in [4.69, 9.17) is 9.47 Å². The summed E-state index contributed by atoms with van der Waals surface area (Å²) in [5, 5.41) is 5.67. The summed E-state index contributed by atoms with van der Waals surface area (Å²) in [5.41, 5.74) is 2.54. The van der Waals surface area contributed by atoms with Crippen molar-refractivity contribution >= 4 is 11.8 Å². The van der Waals surface area contributed by atoms with Crippen molar-refractivity contribution in [2.24, 2.45) is 0 Å². The average molecular weight is 575 g/mol. The number of amides is 2. The van der Waals surface area contributed by atoms with Crippen LogP contribution in [0.1, 0.15) is 49.7 Å². The number of likely N-dealkylation sites (tertiary alicyclic amines) is 2. The first-order valence-corrected chi connectivity index (χ1v) is 15.4. The Bertz CT molecular complexity index is 1080. The van der Waals surface area contributed by atoms with Crippen LogP contribution in [0.5, 0.6) is 11.5 Å². The van der Waals surface area contributed by atoms with Crippen molar-refractivity contribution in [2.45, 2.75) is 51.6 Å². The van der Waals surface area contributed by atoms with Gasteiger partial charge in [0.2, 0.25) is 11.8 Å². The van der Waals surface area contributed by atoms with E-state index in [1.165, 1.54) is 75.1 Å². The van der Waals surface area contributed by atoms with Gasteiger partial charge in [0.05, 0.1) is 13.2 Å². The molecule has 0 saturated carbocycles. The first-order chi connectivity index (χ1) is 20.6. The quantitative estimate of drug-likeness (QED) is 0.165. The first-order valence-electron chi connectivity index (χ1n) is 15.4. The summed E-state index contributed by atoms with van der Waals surface area (Å²) in [6.07, 6.45) is 12.5. The van der Waals surface area contributed by atoms with E-state index in [1.807, 2.05) is 24.3 Å². The largest absolute Gasteiger partial charge is 0.494 e. The van der Waals surface area contributed by atoms with E-state index in [0.29, 0.717) is 39.1 Å². The third kappa shape index (κ3) is 12.1. The lowest BCUT2D eigenvalue weighted by Crippen LogP contribution is -2.24. The van der Waals surface area contributed by atoms with Crippen molar-refractivity contribution < 1.29 is 19.1 Å². The maximum Gasteiger partial charge on any atom is 0.243 e. The van der Waals surface area contributed by atoms with Crippen LogP contribution in [0, 0.1) is 0 Å². The van der Waals surface area contributed by atoms with Gasteiger partial charge in [-0.2, -0.15) is 0 Å². The molecule has 0 aromatic heterocycles. The minimum atomic E-state index is -0.200. The van der Waals surface area contributed by atoms with Gasteiger partial charge in [0.25, 0.3) is 0 Å². The van der Waals surface area contributed by atoms with Gasteiger partial charge in [-0.3, -0.25) is 19.4 Å². The fourth-order valence-corrected chi connectivity index (χ4v) is 5.22. The molecule has 2 heterocycles. The molecule has 2 saturated heterocycles. The van der Waals surface area contributed by atoms with Crippen LogP contribution in [0.2, 0.25) is 0 Å². The topological polar surface area (TPSA) is 83.1 Å². The normalized spacial score (nSPS) is 15.9. The molecule has 2 amide bonds. The molecule has 4 rings (SSSR count). The number of benzene rings is 2. The standard InChI is InChI=1S/C34H46N4O4/c39-33(35-17-9-23-41-31-13-7-11-29(25-31)27-37-19-3-4-20-37)15-1-2-16-34(40)36-18-10-24-42-32-14-8-12-30(26-32)28-38-21-5-6-22-38/h1-2,7-8,11-16,25-26H,3-6,9-10,17-24,27-28H2,(H,35,39)(H,36,40)/b15-1+,16-2+. The van der Waals surface area contributed by atoms with Crippen LogP contribution in [0.4, 0.5) is 0 Å². The second kappa shape index (κ2) is 18.0. The number of hydrogen-bond acceptors (Lipinski definition) is 6. The highest BCUT2D eigenvalue weighted by Gasteiger charge is 2.13. The molecular formula is C34H46N4O4. The average Bonchev–Trinajstić information content (AvgIpc) is 3.70. The molecule has 0 bridgehead atoms. The maximum absolute atomic E-state index is 12.0. The summed E-state index contributed by atoms with van der Waals surface area (Å²) >= 11 is 0. The Morgan fingerprint density at radius 2 is 1.10 bits per heavy atom. The van der Waals surface area contributed by atoms with Gasteiger partial charge in [-0.1, -0.05) is 36.4 Å². The Hall–Kier alpha value is -3.62. The van der Waals surface area contributed by atoms with Gasteiger partial charge in [0.15, 0.2) is 0 Å². The Kier molecular flexibility index (Phi) is 13.4. The molecule has 0 spiro atoms. The molecule has 2 aromatic rings. The Morgan fingerprint density at radius 3 is 1.52 bits per heavy atom. The van der Waals surface area contributed by atoms with Crippen LogP contribution in [0.3, 0.4) is 0 Å². The van der Waals surface area contributed by atoms with Crippen molar-refractivity contribution in [3.8, 4) is 11.5 Å². The van der Waals surface area contributed by atoms with Crippen LogP contribution in [0.25, 0.3) is 0 Å². The van der Waals surface area contributed by atoms with Gasteiger partial charge in [-0.05, 0) is 100 Å². The van der Waals surface area contributed by atoms with Crippen LogP contribution in [-0.2, 0) is 22.7 Å². The number of nitrogens with zero attached hydrogens (tertiary/aromatic N) is 2. The number of rotatable bonds is 17. The third-order valence-electron chi connectivity index (χ3n) is 7.39. The fourth-order valence-electron chi connectivity index (χ4n) is 5.22. The smallest absolute Gasteiger partial charge is 0.243 e. The van der Waals surface area contributed by atoms with Crippen molar-refractivity contribution in [1.29, 1.82) is 0 Å². The number of carbonyl (C=O) groups is 2. The van der Waals surface area contributed by atoms with Crippen molar-refractivity contribution in [3.63, 3.8) is 0 Å². The highest BCUT2D eigenvalue weighted by Crippen LogP contribution is 2.19. The summed E-state index contributed by atoms with van der Waals surface area (Å²) < 4.78 is 11.7. The number of carbonyl (C=O) groups excluding carboxylic acids is 2. The molecule has 2 aromatic carbocycles. The van der Waals surface area contributed by atoms with Gasteiger partial charge >= 0.3 is 0 Å². The van der Waals surface area contributed by atoms with Crippen molar-refractivity contribution in [3.05, 3.63) is 84.0 Å². The molecule has 226 valence electrons. The Labute approximate surface area is 250 Å². The minimum Gasteiger partial charge on any atom is -0.494 e. The SMILES string of the molecule is O=C(/C=C/C=C/C(=O)NCCCOc1cccc(CN2CCCC2)c1)NCCCOc1cccc(CN2CCCC2)c1. The number of hydrogen-bond donors (Lipinski definition) is 2. The Morgan fingerprint density at radius 1 is 0.667 bits per heavy atom. The zero-order valence-electron chi connectivity index (χ0n) is 24.8. The van der Waals surface area contributed by atoms with E-state index in [9.17, 15) is 9.59 Å². The monoisotopic (exact) mass is 574 g/mol. The second-order valence-corrected chi connectivity index (χ2v) is 11.0. The lowest BCUT2D eigenvalue weighted by Gasteiger charge is -2.15. The number of ether oxygens (including phenoxy) is 2. The van der Waals surface area contributed by atoms with Gasteiger partial charge in [-0.25, -0.2) is 0 Å². The van der Waals surface area contributed by atoms with Crippen LogP contribution in [-0.4, -0.2) is 74.1 Å². The highest BCUT2D eigenvalue weighted by molar-refractivity contribution is 5.89. The van der Waals surface area contributed by atoms with Crippen LogP contribution in [0.15, 0.2) is 72.8 Å². The van der Waals surface area contributed by atoms with Gasteiger partial charge in [-0.15, -0.1) is 0 Å². The molecule has 8 heteroatoms. The molecule has 2 aliphatic heterocycles. The highest BCUT2D eigenvalue weighted by atomic mass is 16.5. The molecule has 0 aliphatic carbocycles. The lowest BCUT2D eigenvalue weighted by molar-refractivity contribution is -0.117. The third-order valence-corrected chi connectivity index (χ3v) is 7.39. The number of nitrogens with one attached hydrogen (secondary N) is 2. The maximum atomic E-state index is 12.0. The van der Waals surface area contributed by atoms with E-state index in [2.05, 4.69) is 44.7 Å². The van der Waals surface area contributed by atoms with Gasteiger partial charge in [0, 0.05) is 38.3 Å². The molecule has 8 nitrogen and oxygen atoms in total. The second-order valence-electron chi connectivity index (χ2n) is 11.0.